The predicted molar refractivity (Wildman–Crippen MR) is 90.5 cm³/mol. The van der Waals surface area contributed by atoms with Gasteiger partial charge >= 0.3 is 11.4 Å². The van der Waals surface area contributed by atoms with Crippen LogP contribution in [-0.4, -0.2) is 19.9 Å². The van der Waals surface area contributed by atoms with Gasteiger partial charge in [-0.1, -0.05) is 28.1 Å². The van der Waals surface area contributed by atoms with Gasteiger partial charge in [-0.25, -0.2) is 9.59 Å². The molecule has 0 aliphatic rings. The zero-order valence-electron chi connectivity index (χ0n) is 12.1. The first-order valence-electron chi connectivity index (χ1n) is 6.85. The molecule has 0 radical (unpaired) electrons. The van der Waals surface area contributed by atoms with Crippen LogP contribution in [0.25, 0.3) is 0 Å². The first kappa shape index (κ1) is 15.9. The van der Waals surface area contributed by atoms with Crippen LogP contribution < -0.4 is 22.5 Å². The van der Waals surface area contributed by atoms with Gasteiger partial charge in [-0.15, -0.1) is 0 Å². The topological polar surface area (TPSA) is 131 Å². The molecule has 3 rings (SSSR count). The first-order valence-corrected chi connectivity index (χ1v) is 7.64. The fourth-order valence-electron chi connectivity index (χ4n) is 2.45. The zero-order chi connectivity index (χ0) is 17.3. The van der Waals surface area contributed by atoms with Crippen molar-refractivity contribution < 1.29 is 0 Å². The Morgan fingerprint density at radius 1 is 0.750 bits per heavy atom. The highest BCUT2D eigenvalue weighted by molar-refractivity contribution is 9.10. The predicted octanol–water partition coefficient (Wildman–Crippen LogP) is 0.382. The van der Waals surface area contributed by atoms with Gasteiger partial charge in [0.1, 0.15) is 0 Å². The molecule has 0 bridgehead atoms. The lowest BCUT2D eigenvalue weighted by molar-refractivity contribution is 0.858. The molecule has 2 heterocycles. The van der Waals surface area contributed by atoms with Gasteiger partial charge < -0.3 is 9.97 Å². The molecule has 8 nitrogen and oxygen atoms in total. The Bertz CT molecular complexity index is 1040. The van der Waals surface area contributed by atoms with Crippen molar-refractivity contribution in [2.45, 2.75) is 5.92 Å². The Hall–Kier alpha value is -2.94. The summed E-state index contributed by atoms with van der Waals surface area (Å²) >= 11 is 3.32. The summed E-state index contributed by atoms with van der Waals surface area (Å²) in [5.74, 6) is -0.765. The summed E-state index contributed by atoms with van der Waals surface area (Å²) in [7, 11) is 0. The molecule has 0 amide bonds. The number of halogens is 1. The van der Waals surface area contributed by atoms with Crippen LogP contribution in [0.4, 0.5) is 0 Å². The molecule has 0 atom stereocenters. The van der Waals surface area contributed by atoms with E-state index in [0.29, 0.717) is 5.56 Å². The lowest BCUT2D eigenvalue weighted by Gasteiger charge is -2.16. The maximum Gasteiger partial charge on any atom is 0.325 e. The molecule has 4 N–H and O–H groups in total. The molecule has 0 saturated heterocycles. The SMILES string of the molecule is O=c1[nH]cc(C(c2ccc(Br)cc2)c2c[nH]c(=O)[nH]c2=O)c(=O)[nH]1. The molecule has 0 aliphatic heterocycles. The van der Waals surface area contributed by atoms with E-state index in [1.165, 1.54) is 12.4 Å². The fraction of sp³-hybridized carbons (Fsp3) is 0.0667. The van der Waals surface area contributed by atoms with Crippen molar-refractivity contribution in [3.8, 4) is 0 Å². The zero-order valence-corrected chi connectivity index (χ0v) is 13.6. The quantitative estimate of drug-likeness (QED) is 0.514. The third kappa shape index (κ3) is 3.06. The standard InChI is InChI=1S/C15H11BrN4O4/c16-8-3-1-7(2-4-8)11(9-5-17-14(23)19-12(9)21)10-6-18-15(24)20-13(10)22/h1-6,11H,(H2,17,19,21,23)(H2,18,20,22,24). The minimum Gasteiger partial charge on any atom is -0.314 e. The van der Waals surface area contributed by atoms with Gasteiger partial charge in [0, 0.05) is 33.9 Å². The summed E-state index contributed by atoms with van der Waals surface area (Å²) in [6, 6.07) is 7.01. The van der Waals surface area contributed by atoms with Crippen molar-refractivity contribution in [3.63, 3.8) is 0 Å². The molecule has 1 aromatic carbocycles. The fourth-order valence-corrected chi connectivity index (χ4v) is 2.72. The van der Waals surface area contributed by atoms with E-state index >= 15 is 0 Å². The lowest BCUT2D eigenvalue weighted by atomic mass is 9.88. The van der Waals surface area contributed by atoms with Crippen molar-refractivity contribution in [2.75, 3.05) is 0 Å². The normalized spacial score (nSPS) is 10.9. The first-order chi connectivity index (χ1) is 11.5. The van der Waals surface area contributed by atoms with Crippen molar-refractivity contribution in [1.82, 2.24) is 19.9 Å². The van der Waals surface area contributed by atoms with E-state index in [1.807, 2.05) is 0 Å². The van der Waals surface area contributed by atoms with E-state index in [-0.39, 0.29) is 11.1 Å². The summed E-state index contributed by atoms with van der Waals surface area (Å²) in [5.41, 5.74) is -1.52. The van der Waals surface area contributed by atoms with Crippen LogP contribution in [0.3, 0.4) is 0 Å². The number of benzene rings is 1. The van der Waals surface area contributed by atoms with E-state index in [0.717, 1.165) is 4.47 Å². The van der Waals surface area contributed by atoms with Crippen molar-refractivity contribution in [2.24, 2.45) is 0 Å². The summed E-state index contributed by atoms with van der Waals surface area (Å²) in [6.07, 6.45) is 2.52. The smallest absolute Gasteiger partial charge is 0.314 e. The number of nitrogens with one attached hydrogen (secondary N) is 4. The highest BCUT2D eigenvalue weighted by Crippen LogP contribution is 2.27. The van der Waals surface area contributed by atoms with Crippen LogP contribution in [0.15, 0.2) is 60.3 Å². The largest absolute Gasteiger partial charge is 0.325 e. The van der Waals surface area contributed by atoms with Crippen LogP contribution in [0.5, 0.6) is 0 Å². The van der Waals surface area contributed by atoms with Gasteiger partial charge in [-0.2, -0.15) is 0 Å². The second-order valence-corrected chi connectivity index (χ2v) is 5.95. The highest BCUT2D eigenvalue weighted by Gasteiger charge is 2.23. The second kappa shape index (κ2) is 6.28. The van der Waals surface area contributed by atoms with Crippen LogP contribution in [0.2, 0.25) is 0 Å². The van der Waals surface area contributed by atoms with Crippen molar-refractivity contribution in [1.29, 1.82) is 0 Å². The summed E-state index contributed by atoms with van der Waals surface area (Å²) in [4.78, 5) is 56.0. The molecule has 0 spiro atoms. The summed E-state index contributed by atoms with van der Waals surface area (Å²) in [5, 5.41) is 0. The summed E-state index contributed by atoms with van der Waals surface area (Å²) < 4.78 is 0.829. The molecule has 122 valence electrons. The molecule has 9 heteroatoms. The average molecular weight is 391 g/mol. The molecule has 0 aliphatic carbocycles. The number of aromatic amines is 4. The maximum atomic E-state index is 12.2. The summed E-state index contributed by atoms with van der Waals surface area (Å²) in [6.45, 7) is 0. The van der Waals surface area contributed by atoms with E-state index < -0.39 is 28.4 Å². The molecule has 3 aromatic rings. The average Bonchev–Trinajstić information content (AvgIpc) is 2.53. The highest BCUT2D eigenvalue weighted by atomic mass is 79.9. The Morgan fingerprint density at radius 2 is 1.21 bits per heavy atom. The number of aromatic nitrogens is 4. The maximum absolute atomic E-state index is 12.2. The molecule has 0 unspecified atom stereocenters. The van der Waals surface area contributed by atoms with Crippen LogP contribution in [0.1, 0.15) is 22.6 Å². The van der Waals surface area contributed by atoms with Gasteiger partial charge in [-0.05, 0) is 17.7 Å². The van der Waals surface area contributed by atoms with Gasteiger partial charge in [0.25, 0.3) is 11.1 Å². The van der Waals surface area contributed by atoms with E-state index in [9.17, 15) is 19.2 Å². The van der Waals surface area contributed by atoms with Gasteiger partial charge in [0.2, 0.25) is 0 Å². The molecule has 0 fully saturated rings. The van der Waals surface area contributed by atoms with E-state index in [2.05, 4.69) is 35.9 Å². The molecule has 0 saturated carbocycles. The number of hydrogen-bond acceptors (Lipinski definition) is 4. The number of rotatable bonds is 3. The van der Waals surface area contributed by atoms with Gasteiger partial charge in [0.05, 0.1) is 0 Å². The Kier molecular flexibility index (Phi) is 4.17. The number of hydrogen-bond donors (Lipinski definition) is 4. The lowest BCUT2D eigenvalue weighted by Crippen LogP contribution is -2.31. The molecule has 24 heavy (non-hydrogen) atoms. The van der Waals surface area contributed by atoms with Crippen molar-refractivity contribution >= 4 is 15.9 Å². The third-order valence-corrected chi connectivity index (χ3v) is 4.05. The third-order valence-electron chi connectivity index (χ3n) is 3.52. The Balaban J connectivity index is 2.30. The second-order valence-electron chi connectivity index (χ2n) is 5.04. The van der Waals surface area contributed by atoms with E-state index in [1.54, 1.807) is 24.3 Å². The van der Waals surface area contributed by atoms with Crippen LogP contribution in [-0.2, 0) is 0 Å². The van der Waals surface area contributed by atoms with Crippen LogP contribution in [0, 0.1) is 0 Å². The Morgan fingerprint density at radius 3 is 1.62 bits per heavy atom. The van der Waals surface area contributed by atoms with Gasteiger partial charge in [-0.3, -0.25) is 19.6 Å². The minimum absolute atomic E-state index is 0.175. The molecule has 2 aromatic heterocycles. The number of H-pyrrole nitrogens is 4. The molecular formula is C15H11BrN4O4. The van der Waals surface area contributed by atoms with Crippen molar-refractivity contribution in [3.05, 3.63) is 99.5 Å². The van der Waals surface area contributed by atoms with Gasteiger partial charge in [0.15, 0.2) is 0 Å². The monoisotopic (exact) mass is 390 g/mol. The Labute approximate surface area is 141 Å². The van der Waals surface area contributed by atoms with Crippen LogP contribution >= 0.6 is 15.9 Å². The van der Waals surface area contributed by atoms with E-state index in [4.69, 9.17) is 0 Å². The molecular weight excluding hydrogens is 380 g/mol. The minimum atomic E-state index is -0.765.